The molecule has 0 aliphatic rings. The number of likely N-dealkylation sites (N-methyl/N-ethyl adjacent to an activating group) is 1. The molecular formula is C20H19N3O2S3. The van der Waals surface area contributed by atoms with Gasteiger partial charge in [0.15, 0.2) is 0 Å². The van der Waals surface area contributed by atoms with Crippen LogP contribution in [0.1, 0.15) is 20.5 Å². The molecule has 0 bridgehead atoms. The molecule has 4 aromatic heterocycles. The average molecular weight is 430 g/mol. The maximum Gasteiger partial charge on any atom is 0.260 e. The molecule has 144 valence electrons. The van der Waals surface area contributed by atoms with Crippen molar-refractivity contribution in [2.24, 2.45) is 0 Å². The third kappa shape index (κ3) is 3.80. The Balaban J connectivity index is 1.56. The van der Waals surface area contributed by atoms with Crippen molar-refractivity contribution < 1.29 is 4.79 Å². The van der Waals surface area contributed by atoms with Gasteiger partial charge in [-0.2, -0.15) is 0 Å². The molecule has 4 heterocycles. The van der Waals surface area contributed by atoms with Crippen molar-refractivity contribution in [3.05, 3.63) is 60.5 Å². The third-order valence-electron chi connectivity index (χ3n) is 4.43. The molecule has 0 atom stereocenters. The van der Waals surface area contributed by atoms with Crippen LogP contribution in [0.4, 0.5) is 0 Å². The normalized spacial score (nSPS) is 11.2. The fourth-order valence-corrected chi connectivity index (χ4v) is 5.87. The lowest BCUT2D eigenvalue weighted by atomic mass is 10.2. The van der Waals surface area contributed by atoms with Gasteiger partial charge >= 0.3 is 0 Å². The molecule has 1 amide bonds. The summed E-state index contributed by atoms with van der Waals surface area (Å²) in [5.74, 6) is 0.340. The maximum atomic E-state index is 12.7. The number of H-pyrrole nitrogens is 1. The summed E-state index contributed by atoms with van der Waals surface area (Å²) in [6.07, 6.45) is 0.0807. The second kappa shape index (κ2) is 7.62. The number of aryl methyl sites for hydroxylation is 2. The van der Waals surface area contributed by atoms with E-state index in [1.54, 1.807) is 34.6 Å². The molecule has 8 heteroatoms. The molecule has 5 nitrogen and oxygen atoms in total. The number of nitrogens with one attached hydrogen (secondary N) is 1. The lowest BCUT2D eigenvalue weighted by Crippen LogP contribution is -2.28. The number of nitrogens with zero attached hydrogens (tertiary/aromatic N) is 2. The van der Waals surface area contributed by atoms with E-state index in [1.165, 1.54) is 21.1 Å². The van der Waals surface area contributed by atoms with Crippen LogP contribution in [0.3, 0.4) is 0 Å². The van der Waals surface area contributed by atoms with Gasteiger partial charge in [-0.15, -0.1) is 34.0 Å². The third-order valence-corrected chi connectivity index (χ3v) is 7.32. The number of amides is 1. The van der Waals surface area contributed by atoms with Crippen LogP contribution in [0.25, 0.3) is 20.7 Å². The van der Waals surface area contributed by atoms with Gasteiger partial charge in [0.25, 0.3) is 5.56 Å². The average Bonchev–Trinajstić information content (AvgIpc) is 3.35. The summed E-state index contributed by atoms with van der Waals surface area (Å²) >= 11 is 4.78. The summed E-state index contributed by atoms with van der Waals surface area (Å²) < 4.78 is 0. The Morgan fingerprint density at radius 1 is 1.14 bits per heavy atom. The van der Waals surface area contributed by atoms with Crippen LogP contribution in [-0.4, -0.2) is 27.8 Å². The van der Waals surface area contributed by atoms with Gasteiger partial charge in [0.1, 0.15) is 10.7 Å². The van der Waals surface area contributed by atoms with Crippen LogP contribution in [0.5, 0.6) is 0 Å². The number of rotatable bonds is 5. The van der Waals surface area contributed by atoms with Crippen molar-refractivity contribution in [3.8, 4) is 10.4 Å². The van der Waals surface area contributed by atoms with Gasteiger partial charge in [-0.3, -0.25) is 9.59 Å². The number of carbonyl (C=O) groups excluding carboxylic acids is 1. The summed E-state index contributed by atoms with van der Waals surface area (Å²) in [6.45, 7) is 4.65. The van der Waals surface area contributed by atoms with Gasteiger partial charge in [-0.1, -0.05) is 0 Å². The molecule has 1 N–H and O–H groups in total. The monoisotopic (exact) mass is 429 g/mol. The first-order valence-electron chi connectivity index (χ1n) is 8.77. The molecule has 0 radical (unpaired) electrons. The van der Waals surface area contributed by atoms with E-state index in [2.05, 4.69) is 16.0 Å². The van der Waals surface area contributed by atoms with Crippen LogP contribution in [-0.2, 0) is 17.8 Å². The molecule has 0 unspecified atom stereocenters. The van der Waals surface area contributed by atoms with E-state index < -0.39 is 0 Å². The van der Waals surface area contributed by atoms with E-state index in [0.29, 0.717) is 22.6 Å². The summed E-state index contributed by atoms with van der Waals surface area (Å²) in [4.78, 5) is 39.6. The highest BCUT2D eigenvalue weighted by Crippen LogP contribution is 2.35. The lowest BCUT2D eigenvalue weighted by molar-refractivity contribution is -0.129. The Bertz CT molecular complexity index is 1210. The fraction of sp³-hybridized carbons (Fsp3) is 0.250. The molecule has 4 aromatic rings. The highest BCUT2D eigenvalue weighted by molar-refractivity contribution is 7.19. The Hall–Kier alpha value is -2.29. The summed E-state index contributed by atoms with van der Waals surface area (Å²) in [7, 11) is 1.77. The van der Waals surface area contributed by atoms with E-state index >= 15 is 0 Å². The summed E-state index contributed by atoms with van der Waals surface area (Å²) in [6, 6.07) is 8.16. The topological polar surface area (TPSA) is 66.1 Å². The number of aromatic amines is 1. The van der Waals surface area contributed by atoms with Crippen LogP contribution in [0.2, 0.25) is 0 Å². The zero-order valence-electron chi connectivity index (χ0n) is 15.7. The van der Waals surface area contributed by atoms with Crippen LogP contribution in [0, 0.1) is 13.8 Å². The van der Waals surface area contributed by atoms with Crippen molar-refractivity contribution in [2.45, 2.75) is 26.8 Å². The molecule has 0 saturated heterocycles. The van der Waals surface area contributed by atoms with E-state index in [1.807, 2.05) is 37.4 Å². The van der Waals surface area contributed by atoms with Crippen LogP contribution in [0.15, 0.2) is 34.4 Å². The van der Waals surface area contributed by atoms with Crippen LogP contribution >= 0.6 is 34.0 Å². The number of aromatic nitrogens is 2. The second-order valence-corrected chi connectivity index (χ2v) is 10.2. The first-order chi connectivity index (χ1) is 13.4. The smallest absolute Gasteiger partial charge is 0.260 e. The Labute approximate surface area is 174 Å². The van der Waals surface area contributed by atoms with Gasteiger partial charge in [0.2, 0.25) is 5.91 Å². The lowest BCUT2D eigenvalue weighted by Gasteiger charge is -2.15. The number of thiophene rings is 3. The van der Waals surface area contributed by atoms with Gasteiger partial charge in [-0.25, -0.2) is 4.98 Å². The number of hydrogen-bond acceptors (Lipinski definition) is 6. The SMILES string of the molecule is Cc1ccc(CN(C)C(=O)Cc2nc3scc(-c4ccc(C)s4)c3c(=O)[nH]2)s1. The van der Waals surface area contributed by atoms with Crippen molar-refractivity contribution in [1.82, 2.24) is 14.9 Å². The summed E-state index contributed by atoms with van der Waals surface area (Å²) in [5.41, 5.74) is 0.724. The van der Waals surface area contributed by atoms with Gasteiger partial charge < -0.3 is 9.88 Å². The van der Waals surface area contributed by atoms with Crippen molar-refractivity contribution in [2.75, 3.05) is 7.05 Å². The van der Waals surface area contributed by atoms with E-state index in [0.717, 1.165) is 15.3 Å². The minimum atomic E-state index is -0.188. The molecule has 0 saturated carbocycles. The van der Waals surface area contributed by atoms with Crippen molar-refractivity contribution in [3.63, 3.8) is 0 Å². The molecule has 0 aliphatic carbocycles. The highest BCUT2D eigenvalue weighted by Gasteiger charge is 2.17. The van der Waals surface area contributed by atoms with E-state index in [-0.39, 0.29) is 17.9 Å². The molecule has 0 fully saturated rings. The molecule has 0 aromatic carbocycles. The van der Waals surface area contributed by atoms with E-state index in [9.17, 15) is 9.59 Å². The highest BCUT2D eigenvalue weighted by atomic mass is 32.1. The van der Waals surface area contributed by atoms with Gasteiger partial charge in [0.05, 0.1) is 18.4 Å². The molecule has 4 rings (SSSR count). The van der Waals surface area contributed by atoms with E-state index in [4.69, 9.17) is 0 Å². The number of carbonyl (C=O) groups is 1. The largest absolute Gasteiger partial charge is 0.340 e. The van der Waals surface area contributed by atoms with Crippen molar-refractivity contribution in [1.29, 1.82) is 0 Å². The van der Waals surface area contributed by atoms with Crippen molar-refractivity contribution >= 4 is 50.1 Å². The first kappa shape index (κ1) is 19.0. The molecule has 0 spiro atoms. The predicted molar refractivity (Wildman–Crippen MR) is 118 cm³/mol. The quantitative estimate of drug-likeness (QED) is 0.504. The second-order valence-electron chi connectivity index (χ2n) is 6.69. The zero-order chi connectivity index (χ0) is 19.8. The number of fused-ring (bicyclic) bond motifs is 1. The first-order valence-corrected chi connectivity index (χ1v) is 11.3. The fourth-order valence-electron chi connectivity index (χ4n) is 3.01. The minimum Gasteiger partial charge on any atom is -0.340 e. The Kier molecular flexibility index (Phi) is 5.18. The Morgan fingerprint density at radius 3 is 2.57 bits per heavy atom. The standard InChI is InChI=1S/C20H19N3O2S3/c1-11-4-6-13(27-11)9-23(3)17(24)8-16-21-19(25)18-14(10-26-20(18)22-16)15-7-5-12(2)28-15/h4-7,10H,8-9H2,1-3H3,(H,21,22,25). The van der Waals surface area contributed by atoms with Gasteiger partial charge in [-0.05, 0) is 38.1 Å². The predicted octanol–water partition coefficient (Wildman–Crippen LogP) is 4.59. The minimum absolute atomic E-state index is 0.0702. The summed E-state index contributed by atoms with van der Waals surface area (Å²) in [5, 5.41) is 2.57. The zero-order valence-corrected chi connectivity index (χ0v) is 18.2. The Morgan fingerprint density at radius 2 is 1.89 bits per heavy atom. The van der Waals surface area contributed by atoms with Gasteiger partial charge in [0, 0.05) is 37.5 Å². The van der Waals surface area contributed by atoms with Crippen LogP contribution < -0.4 is 5.56 Å². The molecular weight excluding hydrogens is 410 g/mol. The number of hydrogen-bond donors (Lipinski definition) is 1. The molecule has 28 heavy (non-hydrogen) atoms. The molecule has 0 aliphatic heterocycles. The maximum absolute atomic E-state index is 12.7.